The van der Waals surface area contributed by atoms with Crippen LogP contribution in [0.4, 0.5) is 5.82 Å². The zero-order valence-corrected chi connectivity index (χ0v) is 25.9. The molecule has 2 N–H and O–H groups in total. The molecule has 0 aliphatic carbocycles. The number of carbonyl (C=O) groups excluding carboxylic acids is 1. The standard InChI is InChI=1S/C35H36ClN5O4/c1-2-3-6-17-40-31(21-32(42)41-22-29(38-35(40)41)25-13-15-27(36)16-14-25)39-18-7-10-30(39)33(43)37-28(34(44)45)20-23-11-12-24-8-4-5-9-26(24)19-23/h4-5,8-9,11-16,19,21-22,28,30H,2-3,6-7,10,17-18,20H2,1H3,(H,37,43)(H,44,45)/t28-,30-/m0/s1. The summed E-state index contributed by atoms with van der Waals surface area (Å²) in [5.74, 6) is -0.329. The Bertz CT molecular complexity index is 1920. The minimum atomic E-state index is -1.09. The van der Waals surface area contributed by atoms with E-state index in [4.69, 9.17) is 16.6 Å². The molecule has 1 fully saturated rings. The summed E-state index contributed by atoms with van der Waals surface area (Å²) in [6.45, 7) is 3.32. The molecule has 2 atom stereocenters. The van der Waals surface area contributed by atoms with Crippen molar-refractivity contribution in [3.63, 3.8) is 0 Å². The molecule has 3 heterocycles. The summed E-state index contributed by atoms with van der Waals surface area (Å²) in [5, 5.41) is 15.6. The van der Waals surface area contributed by atoms with Crippen LogP contribution in [0, 0.1) is 0 Å². The van der Waals surface area contributed by atoms with Crippen molar-refractivity contribution in [3.8, 4) is 11.3 Å². The van der Waals surface area contributed by atoms with Crippen LogP contribution in [0.15, 0.2) is 83.8 Å². The molecule has 10 heteroatoms. The van der Waals surface area contributed by atoms with Gasteiger partial charge in [-0.15, -0.1) is 0 Å². The Morgan fingerprint density at radius 3 is 2.58 bits per heavy atom. The van der Waals surface area contributed by atoms with Gasteiger partial charge in [0.25, 0.3) is 5.56 Å². The fourth-order valence-electron chi connectivity index (χ4n) is 6.20. The number of carboxylic acid groups (broad SMARTS) is 1. The monoisotopic (exact) mass is 625 g/mol. The molecule has 0 saturated carbocycles. The van der Waals surface area contributed by atoms with Gasteiger partial charge in [0, 0.05) is 42.4 Å². The van der Waals surface area contributed by atoms with E-state index in [1.807, 2.05) is 64.1 Å². The maximum absolute atomic E-state index is 13.7. The molecule has 0 unspecified atom stereocenters. The van der Waals surface area contributed by atoms with Gasteiger partial charge in [-0.2, -0.15) is 0 Å². The highest BCUT2D eigenvalue weighted by molar-refractivity contribution is 6.30. The van der Waals surface area contributed by atoms with Crippen molar-refractivity contribution >= 4 is 45.8 Å². The second kappa shape index (κ2) is 13.2. The minimum Gasteiger partial charge on any atom is -0.480 e. The molecule has 3 aromatic carbocycles. The van der Waals surface area contributed by atoms with Crippen molar-refractivity contribution in [1.82, 2.24) is 19.3 Å². The average Bonchev–Trinajstić information content (AvgIpc) is 3.71. The van der Waals surface area contributed by atoms with Crippen LogP contribution in [0.5, 0.6) is 0 Å². The van der Waals surface area contributed by atoms with E-state index in [-0.39, 0.29) is 17.9 Å². The van der Waals surface area contributed by atoms with Crippen LogP contribution >= 0.6 is 11.6 Å². The first-order valence-electron chi connectivity index (χ1n) is 15.5. The Kier molecular flexibility index (Phi) is 8.89. The zero-order chi connectivity index (χ0) is 31.5. The first kappa shape index (κ1) is 30.4. The van der Waals surface area contributed by atoms with Gasteiger partial charge in [-0.1, -0.05) is 86.0 Å². The predicted molar refractivity (Wildman–Crippen MR) is 177 cm³/mol. The Hall–Kier alpha value is -4.63. The Morgan fingerprint density at radius 1 is 1.04 bits per heavy atom. The number of hydrogen-bond donors (Lipinski definition) is 2. The molecule has 0 spiro atoms. The molecule has 1 aliphatic heterocycles. The summed E-state index contributed by atoms with van der Waals surface area (Å²) in [4.78, 5) is 46.3. The Labute approximate surface area is 266 Å². The number of hydrogen-bond acceptors (Lipinski definition) is 5. The molecule has 2 aromatic heterocycles. The quantitative estimate of drug-likeness (QED) is 0.176. The highest BCUT2D eigenvalue weighted by Gasteiger charge is 2.35. The first-order valence-corrected chi connectivity index (χ1v) is 15.9. The van der Waals surface area contributed by atoms with Crippen molar-refractivity contribution in [2.24, 2.45) is 0 Å². The van der Waals surface area contributed by atoms with Crippen LogP contribution in [0.1, 0.15) is 44.6 Å². The Balaban J connectivity index is 1.30. The fraction of sp³-hybridized carbons (Fsp3) is 0.314. The van der Waals surface area contributed by atoms with E-state index >= 15 is 0 Å². The van der Waals surface area contributed by atoms with Gasteiger partial charge in [-0.25, -0.2) is 9.78 Å². The summed E-state index contributed by atoms with van der Waals surface area (Å²) >= 11 is 6.09. The number of rotatable bonds is 11. The highest BCUT2D eigenvalue weighted by atomic mass is 35.5. The van der Waals surface area contributed by atoms with Gasteiger partial charge in [0.15, 0.2) is 0 Å². The Morgan fingerprint density at radius 2 is 1.82 bits per heavy atom. The molecule has 1 amide bonds. The SMILES string of the molecule is CCCCCn1c(N2CCC[C@H]2C(=O)N[C@@H](Cc2ccc3ccccc3c2)C(=O)O)cc(=O)n2cc(-c3ccc(Cl)cc3)nc12. The second-order valence-corrected chi connectivity index (χ2v) is 12.1. The van der Waals surface area contributed by atoms with Crippen molar-refractivity contribution in [1.29, 1.82) is 0 Å². The highest BCUT2D eigenvalue weighted by Crippen LogP contribution is 2.29. The summed E-state index contributed by atoms with van der Waals surface area (Å²) in [6, 6.07) is 20.9. The van der Waals surface area contributed by atoms with Crippen molar-refractivity contribution in [2.45, 2.75) is 64.1 Å². The van der Waals surface area contributed by atoms with Crippen molar-refractivity contribution < 1.29 is 14.7 Å². The van der Waals surface area contributed by atoms with E-state index in [0.717, 1.165) is 47.6 Å². The number of carbonyl (C=O) groups is 2. The van der Waals surface area contributed by atoms with E-state index in [1.54, 1.807) is 28.8 Å². The van der Waals surface area contributed by atoms with Gasteiger partial charge < -0.3 is 15.3 Å². The molecule has 45 heavy (non-hydrogen) atoms. The van der Waals surface area contributed by atoms with Gasteiger partial charge in [0.05, 0.1) is 5.69 Å². The summed E-state index contributed by atoms with van der Waals surface area (Å²) in [6.07, 6.45) is 6.09. The maximum atomic E-state index is 13.7. The summed E-state index contributed by atoms with van der Waals surface area (Å²) in [5.41, 5.74) is 2.08. The number of imidazole rings is 1. The largest absolute Gasteiger partial charge is 0.480 e. The van der Waals surface area contributed by atoms with Crippen LogP contribution in [0.2, 0.25) is 5.02 Å². The number of nitrogens with one attached hydrogen (secondary N) is 1. The van der Waals surface area contributed by atoms with Gasteiger partial charge in [0.2, 0.25) is 11.7 Å². The number of benzene rings is 3. The minimum absolute atomic E-state index is 0.161. The summed E-state index contributed by atoms with van der Waals surface area (Å²) in [7, 11) is 0. The number of carboxylic acids is 1. The molecular weight excluding hydrogens is 590 g/mol. The summed E-state index contributed by atoms with van der Waals surface area (Å²) < 4.78 is 3.57. The molecule has 232 valence electrons. The molecule has 0 bridgehead atoms. The lowest BCUT2D eigenvalue weighted by atomic mass is 10.0. The lowest BCUT2D eigenvalue weighted by Gasteiger charge is -2.29. The van der Waals surface area contributed by atoms with E-state index in [0.29, 0.717) is 41.8 Å². The van der Waals surface area contributed by atoms with Crippen LogP contribution in [-0.2, 0) is 22.6 Å². The first-order chi connectivity index (χ1) is 21.8. The van der Waals surface area contributed by atoms with E-state index in [1.165, 1.54) is 0 Å². The zero-order valence-electron chi connectivity index (χ0n) is 25.2. The number of aromatic nitrogens is 3. The number of anilines is 1. The third kappa shape index (κ3) is 6.44. The van der Waals surface area contributed by atoms with Gasteiger partial charge in [-0.05, 0) is 47.7 Å². The number of aryl methyl sites for hydroxylation is 1. The molecule has 0 radical (unpaired) electrons. The number of amides is 1. The van der Waals surface area contributed by atoms with Crippen molar-refractivity contribution in [2.75, 3.05) is 11.4 Å². The number of nitrogens with zero attached hydrogens (tertiary/aromatic N) is 4. The lowest BCUT2D eigenvalue weighted by molar-refractivity contribution is -0.141. The smallest absolute Gasteiger partial charge is 0.326 e. The van der Waals surface area contributed by atoms with E-state index in [2.05, 4.69) is 12.2 Å². The molecular formula is C35H36ClN5O4. The van der Waals surface area contributed by atoms with Gasteiger partial charge in [-0.3, -0.25) is 18.6 Å². The van der Waals surface area contributed by atoms with Crippen molar-refractivity contribution in [3.05, 3.63) is 99.9 Å². The average molecular weight is 626 g/mol. The topological polar surface area (TPSA) is 109 Å². The van der Waals surface area contributed by atoms with E-state index in [9.17, 15) is 19.5 Å². The van der Waals surface area contributed by atoms with Crippen LogP contribution in [0.25, 0.3) is 27.8 Å². The third-order valence-corrected chi connectivity index (χ3v) is 8.79. The molecule has 5 aromatic rings. The molecule has 6 rings (SSSR count). The van der Waals surface area contributed by atoms with Gasteiger partial charge in [0.1, 0.15) is 17.9 Å². The third-order valence-electron chi connectivity index (χ3n) is 8.54. The number of halogens is 1. The number of fused-ring (bicyclic) bond motifs is 2. The van der Waals surface area contributed by atoms with Gasteiger partial charge >= 0.3 is 5.97 Å². The number of unbranched alkanes of at least 4 members (excludes halogenated alkanes) is 2. The van der Waals surface area contributed by atoms with E-state index < -0.39 is 18.1 Å². The van der Waals surface area contributed by atoms with Crippen LogP contribution in [-0.4, -0.2) is 49.6 Å². The fourth-order valence-corrected chi connectivity index (χ4v) is 6.32. The predicted octanol–water partition coefficient (Wildman–Crippen LogP) is 5.94. The molecule has 1 saturated heterocycles. The normalized spacial score (nSPS) is 15.5. The van der Waals surface area contributed by atoms with Crippen LogP contribution < -0.4 is 15.8 Å². The second-order valence-electron chi connectivity index (χ2n) is 11.6. The molecule has 9 nitrogen and oxygen atoms in total. The molecule has 1 aliphatic rings. The van der Waals surface area contributed by atoms with Crippen LogP contribution in [0.3, 0.4) is 0 Å². The maximum Gasteiger partial charge on any atom is 0.326 e. The number of aliphatic carboxylic acids is 1. The lowest BCUT2D eigenvalue weighted by Crippen LogP contribution is -2.51.